The molecule has 21 heavy (non-hydrogen) atoms. The van der Waals surface area contributed by atoms with E-state index in [-0.39, 0.29) is 16.3 Å². The second-order valence-corrected chi connectivity index (χ2v) is 4.90. The number of amides is 2. The first kappa shape index (κ1) is 13.3. The zero-order valence-corrected chi connectivity index (χ0v) is 11.4. The number of nitro groups is 1. The monoisotopic (exact) mass is 300 g/mol. The standard InChI is InChI=1S/C14H8N2O4S/c17-13-9-3-1-2-4-10(9)14(18)15(13)11-6-5-8(16(19)20)7-12(11)21/h1-7,21H. The maximum atomic E-state index is 12.3. The predicted molar refractivity (Wildman–Crippen MR) is 77.9 cm³/mol. The Morgan fingerprint density at radius 2 is 1.57 bits per heavy atom. The maximum absolute atomic E-state index is 12.3. The topological polar surface area (TPSA) is 80.5 Å². The molecule has 0 N–H and O–H groups in total. The molecule has 6 nitrogen and oxygen atoms in total. The average molecular weight is 300 g/mol. The molecule has 3 rings (SSSR count). The summed E-state index contributed by atoms with van der Waals surface area (Å²) in [5.74, 6) is -0.917. The Morgan fingerprint density at radius 1 is 1.00 bits per heavy atom. The van der Waals surface area contributed by atoms with Crippen molar-refractivity contribution in [3.8, 4) is 0 Å². The summed E-state index contributed by atoms with van der Waals surface area (Å²) < 4.78 is 0. The Labute approximate surface area is 124 Å². The van der Waals surface area contributed by atoms with E-state index < -0.39 is 16.7 Å². The van der Waals surface area contributed by atoms with Crippen LogP contribution in [0, 0.1) is 10.1 Å². The number of thiol groups is 1. The fourth-order valence-corrected chi connectivity index (χ4v) is 2.53. The van der Waals surface area contributed by atoms with E-state index in [1.54, 1.807) is 24.3 Å². The lowest BCUT2D eigenvalue weighted by atomic mass is 10.1. The number of nitrogens with zero attached hydrogens (tertiary/aromatic N) is 2. The van der Waals surface area contributed by atoms with E-state index in [9.17, 15) is 19.7 Å². The van der Waals surface area contributed by atoms with E-state index in [4.69, 9.17) is 0 Å². The van der Waals surface area contributed by atoms with E-state index in [0.717, 1.165) is 4.90 Å². The Hall–Kier alpha value is -2.67. The van der Waals surface area contributed by atoms with Gasteiger partial charge in [-0.05, 0) is 18.2 Å². The normalized spacial score (nSPS) is 13.5. The molecule has 0 bridgehead atoms. The van der Waals surface area contributed by atoms with Gasteiger partial charge >= 0.3 is 0 Å². The third kappa shape index (κ3) is 1.98. The molecule has 2 amide bonds. The lowest BCUT2D eigenvalue weighted by molar-refractivity contribution is -0.385. The third-order valence-electron chi connectivity index (χ3n) is 3.20. The number of hydrogen-bond acceptors (Lipinski definition) is 5. The molecule has 0 saturated heterocycles. The van der Waals surface area contributed by atoms with Crippen LogP contribution in [0.3, 0.4) is 0 Å². The van der Waals surface area contributed by atoms with Crippen LogP contribution in [0.4, 0.5) is 11.4 Å². The molecule has 1 aliphatic heterocycles. The zero-order chi connectivity index (χ0) is 15.1. The van der Waals surface area contributed by atoms with Gasteiger partial charge in [0.05, 0.1) is 21.7 Å². The minimum Gasteiger partial charge on any atom is -0.268 e. The molecule has 0 fully saturated rings. The first-order chi connectivity index (χ1) is 10.0. The summed E-state index contributed by atoms with van der Waals surface area (Å²) in [7, 11) is 0. The molecule has 0 aromatic heterocycles. The Morgan fingerprint density at radius 3 is 2.05 bits per heavy atom. The van der Waals surface area contributed by atoms with Crippen LogP contribution in [0.25, 0.3) is 0 Å². The third-order valence-corrected chi connectivity index (χ3v) is 3.56. The van der Waals surface area contributed by atoms with Crippen molar-refractivity contribution >= 4 is 35.8 Å². The first-order valence-electron chi connectivity index (χ1n) is 5.96. The summed E-state index contributed by atoms with van der Waals surface area (Å²) in [6.45, 7) is 0. The van der Waals surface area contributed by atoms with Crippen molar-refractivity contribution in [2.45, 2.75) is 4.90 Å². The summed E-state index contributed by atoms with van der Waals surface area (Å²) in [4.78, 5) is 36.0. The van der Waals surface area contributed by atoms with Gasteiger partial charge in [-0.2, -0.15) is 0 Å². The van der Waals surface area contributed by atoms with Crippen molar-refractivity contribution in [1.82, 2.24) is 0 Å². The number of carbonyl (C=O) groups is 2. The van der Waals surface area contributed by atoms with E-state index >= 15 is 0 Å². The first-order valence-corrected chi connectivity index (χ1v) is 6.40. The van der Waals surface area contributed by atoms with Gasteiger partial charge in [-0.1, -0.05) is 12.1 Å². The lowest BCUT2D eigenvalue weighted by Crippen LogP contribution is -2.29. The molecule has 0 saturated carbocycles. The van der Waals surface area contributed by atoms with Gasteiger partial charge in [-0.25, -0.2) is 4.90 Å². The zero-order valence-electron chi connectivity index (χ0n) is 10.5. The predicted octanol–water partition coefficient (Wildman–Crippen LogP) is 2.68. The average Bonchev–Trinajstić information content (AvgIpc) is 2.72. The molecular formula is C14H8N2O4S. The van der Waals surface area contributed by atoms with Crippen molar-refractivity contribution in [2.24, 2.45) is 0 Å². The molecular weight excluding hydrogens is 292 g/mol. The number of imide groups is 1. The van der Waals surface area contributed by atoms with Gasteiger partial charge in [0.1, 0.15) is 0 Å². The molecule has 2 aromatic carbocycles. The molecule has 1 aliphatic rings. The summed E-state index contributed by atoms with van der Waals surface area (Å²) >= 11 is 4.15. The fraction of sp³-hybridized carbons (Fsp3) is 0. The quantitative estimate of drug-likeness (QED) is 0.400. The fourth-order valence-electron chi connectivity index (χ4n) is 2.22. The van der Waals surface area contributed by atoms with Gasteiger partial charge < -0.3 is 0 Å². The number of hydrogen-bond donors (Lipinski definition) is 1. The van der Waals surface area contributed by atoms with Crippen LogP contribution in [0.5, 0.6) is 0 Å². The highest BCUT2D eigenvalue weighted by molar-refractivity contribution is 7.80. The van der Waals surface area contributed by atoms with Crippen LogP contribution < -0.4 is 4.90 Å². The molecule has 7 heteroatoms. The van der Waals surface area contributed by atoms with Crippen molar-refractivity contribution < 1.29 is 14.5 Å². The molecule has 0 radical (unpaired) electrons. The van der Waals surface area contributed by atoms with Crippen molar-refractivity contribution in [1.29, 1.82) is 0 Å². The van der Waals surface area contributed by atoms with Crippen LogP contribution in [-0.4, -0.2) is 16.7 Å². The second kappa shape index (κ2) is 4.71. The van der Waals surface area contributed by atoms with Crippen molar-refractivity contribution in [3.63, 3.8) is 0 Å². The van der Waals surface area contributed by atoms with Gasteiger partial charge in [0, 0.05) is 17.0 Å². The van der Waals surface area contributed by atoms with Crippen LogP contribution in [0.2, 0.25) is 0 Å². The minimum absolute atomic E-state index is 0.152. The van der Waals surface area contributed by atoms with Crippen LogP contribution in [0.1, 0.15) is 20.7 Å². The summed E-state index contributed by atoms with van der Waals surface area (Å²) in [6, 6.07) is 10.3. The molecule has 0 unspecified atom stereocenters. The molecule has 0 spiro atoms. The highest BCUT2D eigenvalue weighted by atomic mass is 32.1. The molecule has 2 aromatic rings. The smallest absolute Gasteiger partial charge is 0.268 e. The van der Waals surface area contributed by atoms with Crippen LogP contribution >= 0.6 is 12.6 Å². The van der Waals surface area contributed by atoms with Gasteiger partial charge in [0.2, 0.25) is 0 Å². The van der Waals surface area contributed by atoms with Crippen molar-refractivity contribution in [3.05, 3.63) is 63.7 Å². The Balaban J connectivity index is 2.09. The largest absolute Gasteiger partial charge is 0.270 e. The van der Waals surface area contributed by atoms with Crippen LogP contribution in [0.15, 0.2) is 47.4 Å². The summed E-state index contributed by atoms with van der Waals surface area (Å²) in [6.07, 6.45) is 0. The highest BCUT2D eigenvalue weighted by Gasteiger charge is 2.37. The molecule has 104 valence electrons. The molecule has 0 atom stereocenters. The number of carbonyl (C=O) groups excluding carboxylic acids is 2. The molecule has 0 aliphatic carbocycles. The van der Waals surface area contributed by atoms with Gasteiger partial charge in [0.15, 0.2) is 0 Å². The maximum Gasteiger partial charge on any atom is 0.270 e. The lowest BCUT2D eigenvalue weighted by Gasteiger charge is -2.15. The van der Waals surface area contributed by atoms with Gasteiger partial charge in [-0.15, -0.1) is 12.6 Å². The minimum atomic E-state index is -0.564. The number of rotatable bonds is 2. The highest BCUT2D eigenvalue weighted by Crippen LogP contribution is 2.34. The Bertz CT molecular complexity index is 768. The van der Waals surface area contributed by atoms with E-state index in [1.807, 2.05) is 0 Å². The number of anilines is 1. The summed E-state index contributed by atoms with van der Waals surface area (Å²) in [5, 5.41) is 10.7. The van der Waals surface area contributed by atoms with Gasteiger partial charge in [0.25, 0.3) is 17.5 Å². The van der Waals surface area contributed by atoms with Crippen molar-refractivity contribution in [2.75, 3.05) is 4.90 Å². The Kier molecular flexibility index (Phi) is 2.99. The van der Waals surface area contributed by atoms with E-state index in [2.05, 4.69) is 12.6 Å². The number of benzene rings is 2. The molecule has 1 heterocycles. The van der Waals surface area contributed by atoms with Crippen LogP contribution in [-0.2, 0) is 0 Å². The number of nitro benzene ring substituents is 1. The van der Waals surface area contributed by atoms with E-state index in [1.165, 1.54) is 18.2 Å². The SMILES string of the molecule is O=C1c2ccccc2C(=O)N1c1ccc([N+](=O)[O-])cc1S. The van der Waals surface area contributed by atoms with E-state index in [0.29, 0.717) is 11.1 Å². The summed E-state index contributed by atoms with van der Waals surface area (Å²) in [5.41, 5.74) is 0.706. The number of fused-ring (bicyclic) bond motifs is 1. The second-order valence-electron chi connectivity index (χ2n) is 4.42. The van der Waals surface area contributed by atoms with Gasteiger partial charge in [-0.3, -0.25) is 19.7 Å². The number of non-ortho nitro benzene ring substituents is 1.